The highest BCUT2D eigenvalue weighted by Crippen LogP contribution is 2.24. The standard InChI is InChI=1S/C25H21N3O2/c1-28-23(18-22(27-28)20-11-3-2-4-12-20)25(29)26-16-7-8-17-30-24-15-9-13-19-10-5-6-14-21(19)24/h2-6,9-15,18H,16-17H2,1H3,(H,26,29). The van der Waals surface area contributed by atoms with Gasteiger partial charge in [0.2, 0.25) is 0 Å². The summed E-state index contributed by atoms with van der Waals surface area (Å²) in [7, 11) is 1.76. The van der Waals surface area contributed by atoms with Gasteiger partial charge in [0.05, 0.1) is 12.2 Å². The predicted octanol–water partition coefficient (Wildman–Crippen LogP) is 4.05. The van der Waals surface area contributed by atoms with Crippen LogP contribution in [0.3, 0.4) is 0 Å². The van der Waals surface area contributed by atoms with Gasteiger partial charge in [0.25, 0.3) is 5.91 Å². The van der Waals surface area contributed by atoms with E-state index in [1.807, 2.05) is 72.8 Å². The third kappa shape index (κ3) is 4.34. The number of amides is 1. The molecule has 0 saturated heterocycles. The summed E-state index contributed by atoms with van der Waals surface area (Å²) in [6.07, 6.45) is 0. The highest BCUT2D eigenvalue weighted by atomic mass is 16.5. The molecule has 0 atom stereocenters. The number of aryl methyl sites for hydroxylation is 1. The van der Waals surface area contributed by atoms with Crippen molar-refractivity contribution >= 4 is 16.7 Å². The Balaban J connectivity index is 1.31. The molecule has 1 heterocycles. The number of carbonyl (C=O) groups is 1. The van der Waals surface area contributed by atoms with Gasteiger partial charge in [-0.3, -0.25) is 9.48 Å². The summed E-state index contributed by atoms with van der Waals surface area (Å²) in [6, 6.07) is 25.5. The van der Waals surface area contributed by atoms with Crippen LogP contribution in [-0.2, 0) is 7.05 Å². The zero-order valence-electron chi connectivity index (χ0n) is 16.6. The van der Waals surface area contributed by atoms with Crippen LogP contribution in [0.2, 0.25) is 0 Å². The minimum absolute atomic E-state index is 0.212. The second kappa shape index (κ2) is 8.97. The van der Waals surface area contributed by atoms with Gasteiger partial charge < -0.3 is 10.1 Å². The van der Waals surface area contributed by atoms with Gasteiger partial charge in [0.15, 0.2) is 0 Å². The van der Waals surface area contributed by atoms with E-state index in [1.165, 1.54) is 0 Å². The lowest BCUT2D eigenvalue weighted by atomic mass is 10.1. The summed E-state index contributed by atoms with van der Waals surface area (Å²) in [5.41, 5.74) is 2.22. The maximum Gasteiger partial charge on any atom is 0.270 e. The van der Waals surface area contributed by atoms with E-state index in [0.29, 0.717) is 5.69 Å². The van der Waals surface area contributed by atoms with Gasteiger partial charge in [0.1, 0.15) is 18.1 Å². The minimum atomic E-state index is -0.212. The van der Waals surface area contributed by atoms with Crippen molar-refractivity contribution in [2.24, 2.45) is 7.05 Å². The molecule has 4 aromatic rings. The number of nitrogens with zero attached hydrogens (tertiary/aromatic N) is 2. The van der Waals surface area contributed by atoms with E-state index in [9.17, 15) is 4.79 Å². The van der Waals surface area contributed by atoms with Gasteiger partial charge in [-0.25, -0.2) is 0 Å². The molecule has 0 fully saturated rings. The molecule has 148 valence electrons. The fourth-order valence-electron chi connectivity index (χ4n) is 3.19. The number of carbonyl (C=O) groups excluding carboxylic acids is 1. The number of nitrogens with one attached hydrogen (secondary N) is 1. The number of aromatic nitrogens is 2. The first-order valence-corrected chi connectivity index (χ1v) is 9.66. The van der Waals surface area contributed by atoms with Gasteiger partial charge >= 0.3 is 0 Å². The average molecular weight is 395 g/mol. The highest BCUT2D eigenvalue weighted by Gasteiger charge is 2.13. The molecule has 0 spiro atoms. The number of hydrogen-bond acceptors (Lipinski definition) is 3. The Morgan fingerprint density at radius 1 is 1.00 bits per heavy atom. The number of rotatable bonds is 5. The van der Waals surface area contributed by atoms with E-state index < -0.39 is 0 Å². The van der Waals surface area contributed by atoms with E-state index in [1.54, 1.807) is 17.8 Å². The molecule has 5 heteroatoms. The lowest BCUT2D eigenvalue weighted by Crippen LogP contribution is -2.25. The summed E-state index contributed by atoms with van der Waals surface area (Å²) in [5, 5.41) is 9.40. The van der Waals surface area contributed by atoms with Gasteiger partial charge in [0, 0.05) is 18.0 Å². The van der Waals surface area contributed by atoms with Crippen molar-refractivity contribution in [1.82, 2.24) is 15.1 Å². The Bertz CT molecular complexity index is 1230. The molecule has 0 aliphatic rings. The average Bonchev–Trinajstić information content (AvgIpc) is 3.18. The molecule has 30 heavy (non-hydrogen) atoms. The van der Waals surface area contributed by atoms with E-state index in [2.05, 4.69) is 22.3 Å². The second-order valence-corrected chi connectivity index (χ2v) is 6.71. The van der Waals surface area contributed by atoms with Crippen LogP contribution < -0.4 is 10.1 Å². The largest absolute Gasteiger partial charge is 0.480 e. The third-order valence-corrected chi connectivity index (χ3v) is 4.69. The monoisotopic (exact) mass is 395 g/mol. The van der Waals surface area contributed by atoms with Crippen LogP contribution in [0.1, 0.15) is 10.5 Å². The zero-order chi connectivity index (χ0) is 20.8. The van der Waals surface area contributed by atoms with Crippen molar-refractivity contribution in [3.05, 3.63) is 84.6 Å². The zero-order valence-corrected chi connectivity index (χ0v) is 16.6. The van der Waals surface area contributed by atoms with E-state index >= 15 is 0 Å². The maximum absolute atomic E-state index is 12.4. The quantitative estimate of drug-likeness (QED) is 0.519. The Hall–Kier alpha value is -4.04. The van der Waals surface area contributed by atoms with Crippen LogP contribution in [0.25, 0.3) is 22.0 Å². The van der Waals surface area contributed by atoms with Crippen molar-refractivity contribution in [2.75, 3.05) is 13.2 Å². The SMILES string of the molecule is Cn1nc(-c2ccccc2)cc1C(=O)NCC#CCOc1cccc2ccccc12. The van der Waals surface area contributed by atoms with Crippen molar-refractivity contribution < 1.29 is 9.53 Å². The molecule has 3 aromatic carbocycles. The lowest BCUT2D eigenvalue weighted by molar-refractivity contribution is 0.0949. The van der Waals surface area contributed by atoms with Crippen LogP contribution in [0.4, 0.5) is 0 Å². The number of hydrogen-bond donors (Lipinski definition) is 1. The van der Waals surface area contributed by atoms with Crippen molar-refractivity contribution in [3.8, 4) is 28.8 Å². The summed E-state index contributed by atoms with van der Waals surface area (Å²) in [6.45, 7) is 0.497. The number of fused-ring (bicyclic) bond motifs is 1. The topological polar surface area (TPSA) is 56.2 Å². The van der Waals surface area contributed by atoms with E-state index in [4.69, 9.17) is 4.74 Å². The molecule has 0 unspecified atom stereocenters. The molecule has 0 bridgehead atoms. The maximum atomic E-state index is 12.4. The first kappa shape index (κ1) is 19.3. The van der Waals surface area contributed by atoms with E-state index in [-0.39, 0.29) is 19.1 Å². The summed E-state index contributed by atoms with van der Waals surface area (Å²) >= 11 is 0. The van der Waals surface area contributed by atoms with Crippen molar-refractivity contribution in [1.29, 1.82) is 0 Å². The van der Waals surface area contributed by atoms with Gasteiger partial charge in [-0.15, -0.1) is 0 Å². The Labute approximate surface area is 175 Å². The Morgan fingerprint density at radius 2 is 1.77 bits per heavy atom. The van der Waals surface area contributed by atoms with Crippen LogP contribution in [0.5, 0.6) is 5.75 Å². The molecule has 0 saturated carbocycles. The molecule has 1 amide bonds. The lowest BCUT2D eigenvalue weighted by Gasteiger charge is -2.06. The highest BCUT2D eigenvalue weighted by molar-refractivity contribution is 5.93. The summed E-state index contributed by atoms with van der Waals surface area (Å²) in [5.74, 6) is 6.46. The molecule has 1 aromatic heterocycles. The summed E-state index contributed by atoms with van der Waals surface area (Å²) in [4.78, 5) is 12.4. The van der Waals surface area contributed by atoms with Gasteiger partial charge in [-0.1, -0.05) is 78.6 Å². The summed E-state index contributed by atoms with van der Waals surface area (Å²) < 4.78 is 7.36. The Morgan fingerprint density at radius 3 is 2.63 bits per heavy atom. The number of ether oxygens (including phenoxy) is 1. The first-order chi connectivity index (χ1) is 14.7. The third-order valence-electron chi connectivity index (χ3n) is 4.69. The Kier molecular flexibility index (Phi) is 5.77. The predicted molar refractivity (Wildman–Crippen MR) is 118 cm³/mol. The molecular weight excluding hydrogens is 374 g/mol. The molecule has 1 N–H and O–H groups in total. The first-order valence-electron chi connectivity index (χ1n) is 9.66. The van der Waals surface area contributed by atoms with Crippen LogP contribution >= 0.6 is 0 Å². The van der Waals surface area contributed by atoms with Crippen LogP contribution in [-0.4, -0.2) is 28.8 Å². The molecule has 4 rings (SSSR count). The van der Waals surface area contributed by atoms with Gasteiger partial charge in [-0.2, -0.15) is 5.10 Å². The van der Waals surface area contributed by atoms with Crippen LogP contribution in [0.15, 0.2) is 78.9 Å². The van der Waals surface area contributed by atoms with Gasteiger partial charge in [-0.05, 0) is 17.5 Å². The molecular formula is C25H21N3O2. The molecule has 0 aliphatic heterocycles. The fraction of sp³-hybridized carbons (Fsp3) is 0.120. The van der Waals surface area contributed by atoms with E-state index in [0.717, 1.165) is 27.8 Å². The smallest absolute Gasteiger partial charge is 0.270 e. The molecule has 0 aliphatic carbocycles. The second-order valence-electron chi connectivity index (χ2n) is 6.71. The molecule has 5 nitrogen and oxygen atoms in total. The van der Waals surface area contributed by atoms with Crippen molar-refractivity contribution in [3.63, 3.8) is 0 Å². The minimum Gasteiger partial charge on any atom is -0.480 e. The van der Waals surface area contributed by atoms with Crippen molar-refractivity contribution in [2.45, 2.75) is 0 Å². The fourth-order valence-corrected chi connectivity index (χ4v) is 3.19. The number of benzene rings is 3. The van der Waals surface area contributed by atoms with Crippen LogP contribution in [0, 0.1) is 11.8 Å². The molecule has 0 radical (unpaired) electrons. The normalized spacial score (nSPS) is 10.3.